The Hall–Kier alpha value is -2.05. The fourth-order valence-corrected chi connectivity index (χ4v) is 1.88. The summed E-state index contributed by atoms with van der Waals surface area (Å²) in [5.74, 6) is -0.0842. The van der Waals surface area contributed by atoms with Gasteiger partial charge in [-0.3, -0.25) is 4.90 Å². The van der Waals surface area contributed by atoms with Crippen LogP contribution < -0.4 is 10.2 Å². The fourth-order valence-electron chi connectivity index (χ4n) is 1.88. The summed E-state index contributed by atoms with van der Waals surface area (Å²) in [5.41, 5.74) is 0.814. The first-order valence-electron chi connectivity index (χ1n) is 5.85. The Kier molecular flexibility index (Phi) is 3.22. The number of esters is 1. The van der Waals surface area contributed by atoms with E-state index in [2.05, 4.69) is 15.3 Å². The summed E-state index contributed by atoms with van der Waals surface area (Å²) in [6, 6.07) is -0.218. The molecule has 0 aliphatic carbocycles. The third-order valence-electron chi connectivity index (χ3n) is 2.79. The maximum atomic E-state index is 11.6. The minimum absolute atomic E-state index is 0.00176. The van der Waals surface area contributed by atoms with Crippen LogP contribution in [0, 0.1) is 6.92 Å². The molecule has 0 saturated carbocycles. The molecular weight excluding hydrogens is 236 g/mol. The van der Waals surface area contributed by atoms with Crippen molar-refractivity contribution in [1.82, 2.24) is 15.3 Å². The average Bonchev–Trinajstić information content (AvgIpc) is 2.83. The fraction of sp³-hybridized carbons (Fsp3) is 0.545. The summed E-state index contributed by atoms with van der Waals surface area (Å²) >= 11 is 0. The number of aromatic amines is 1. The van der Waals surface area contributed by atoms with Crippen molar-refractivity contribution in [3.8, 4) is 0 Å². The molecule has 1 aromatic rings. The van der Waals surface area contributed by atoms with Gasteiger partial charge in [-0.1, -0.05) is 0 Å². The average molecular weight is 252 g/mol. The molecule has 0 aromatic carbocycles. The van der Waals surface area contributed by atoms with Crippen molar-refractivity contribution in [2.75, 3.05) is 18.1 Å². The number of aromatic nitrogens is 2. The number of nitrogens with zero attached hydrogens (tertiary/aromatic N) is 2. The predicted molar refractivity (Wildman–Crippen MR) is 64.6 cm³/mol. The van der Waals surface area contributed by atoms with E-state index in [0.717, 1.165) is 0 Å². The van der Waals surface area contributed by atoms with Crippen molar-refractivity contribution in [3.63, 3.8) is 0 Å². The number of rotatable bonds is 3. The van der Waals surface area contributed by atoms with Crippen molar-refractivity contribution < 1.29 is 14.3 Å². The first kappa shape index (κ1) is 12.4. The van der Waals surface area contributed by atoms with Gasteiger partial charge in [0.15, 0.2) is 0 Å². The molecule has 0 bridgehead atoms. The SMILES string of the molecule is CCOC(=O)c1[nH]c(N2C(=O)NC[C@H]2C)nc1C. The van der Waals surface area contributed by atoms with Crippen molar-refractivity contribution in [1.29, 1.82) is 0 Å². The molecule has 2 rings (SSSR count). The van der Waals surface area contributed by atoms with Crippen LogP contribution in [0.4, 0.5) is 10.7 Å². The lowest BCUT2D eigenvalue weighted by Gasteiger charge is -2.15. The van der Waals surface area contributed by atoms with E-state index in [0.29, 0.717) is 30.5 Å². The second-order valence-corrected chi connectivity index (χ2v) is 4.15. The van der Waals surface area contributed by atoms with Gasteiger partial charge in [-0.2, -0.15) is 0 Å². The van der Waals surface area contributed by atoms with Crippen LogP contribution in [0.25, 0.3) is 0 Å². The number of amides is 2. The molecule has 18 heavy (non-hydrogen) atoms. The van der Waals surface area contributed by atoms with Crippen LogP contribution in [0.5, 0.6) is 0 Å². The molecule has 0 unspecified atom stereocenters. The third-order valence-corrected chi connectivity index (χ3v) is 2.79. The Labute approximate surface area is 105 Å². The van der Waals surface area contributed by atoms with Gasteiger partial charge in [0.25, 0.3) is 0 Å². The van der Waals surface area contributed by atoms with Crippen molar-refractivity contribution in [2.24, 2.45) is 0 Å². The van der Waals surface area contributed by atoms with Crippen LogP contribution in [-0.2, 0) is 4.74 Å². The van der Waals surface area contributed by atoms with E-state index in [1.807, 2.05) is 6.92 Å². The van der Waals surface area contributed by atoms with Crippen molar-refractivity contribution >= 4 is 17.9 Å². The van der Waals surface area contributed by atoms with E-state index in [1.54, 1.807) is 13.8 Å². The first-order chi connectivity index (χ1) is 8.54. The lowest BCUT2D eigenvalue weighted by Crippen LogP contribution is -2.33. The zero-order valence-electron chi connectivity index (χ0n) is 10.6. The second kappa shape index (κ2) is 4.67. The van der Waals surface area contributed by atoms with Crippen molar-refractivity contribution in [3.05, 3.63) is 11.4 Å². The van der Waals surface area contributed by atoms with Gasteiger partial charge in [0.2, 0.25) is 5.95 Å². The van der Waals surface area contributed by atoms with Gasteiger partial charge in [-0.25, -0.2) is 14.6 Å². The van der Waals surface area contributed by atoms with Gasteiger partial charge in [0.1, 0.15) is 5.69 Å². The van der Waals surface area contributed by atoms with Crippen LogP contribution in [-0.4, -0.2) is 41.2 Å². The number of nitrogens with one attached hydrogen (secondary N) is 2. The molecule has 7 heteroatoms. The number of aryl methyl sites for hydroxylation is 1. The lowest BCUT2D eigenvalue weighted by molar-refractivity contribution is 0.0519. The maximum Gasteiger partial charge on any atom is 0.356 e. The lowest BCUT2D eigenvalue weighted by atomic mass is 10.3. The minimum Gasteiger partial charge on any atom is -0.461 e. The van der Waals surface area contributed by atoms with E-state index >= 15 is 0 Å². The molecule has 7 nitrogen and oxygen atoms in total. The monoisotopic (exact) mass is 252 g/mol. The highest BCUT2D eigenvalue weighted by Gasteiger charge is 2.31. The molecule has 1 aromatic heterocycles. The number of hydrogen-bond acceptors (Lipinski definition) is 4. The van der Waals surface area contributed by atoms with E-state index in [1.165, 1.54) is 4.90 Å². The highest BCUT2D eigenvalue weighted by atomic mass is 16.5. The van der Waals surface area contributed by atoms with Crippen LogP contribution >= 0.6 is 0 Å². The second-order valence-electron chi connectivity index (χ2n) is 4.15. The van der Waals surface area contributed by atoms with Gasteiger partial charge < -0.3 is 15.0 Å². The van der Waals surface area contributed by atoms with E-state index < -0.39 is 5.97 Å². The summed E-state index contributed by atoms with van der Waals surface area (Å²) in [6.07, 6.45) is 0. The Morgan fingerprint density at radius 2 is 2.33 bits per heavy atom. The summed E-state index contributed by atoms with van der Waals surface area (Å²) in [4.78, 5) is 31.8. The summed E-state index contributed by atoms with van der Waals surface area (Å²) in [5, 5.41) is 2.71. The standard InChI is InChI=1S/C11H16N4O3/c1-4-18-9(16)8-7(3)13-10(14-8)15-6(2)5-12-11(15)17/h6H,4-5H2,1-3H3,(H,12,17)(H,13,14)/t6-/m1/s1. The van der Waals surface area contributed by atoms with E-state index in [4.69, 9.17) is 4.74 Å². The largest absolute Gasteiger partial charge is 0.461 e. The highest BCUT2D eigenvalue weighted by molar-refractivity contribution is 5.95. The molecular formula is C11H16N4O3. The molecule has 1 atom stereocenters. The van der Waals surface area contributed by atoms with Crippen LogP contribution in [0.1, 0.15) is 30.0 Å². The Morgan fingerprint density at radius 1 is 1.61 bits per heavy atom. The zero-order chi connectivity index (χ0) is 13.3. The number of H-pyrrole nitrogens is 1. The molecule has 0 radical (unpaired) electrons. The van der Waals surface area contributed by atoms with Gasteiger partial charge in [0.05, 0.1) is 18.3 Å². The topological polar surface area (TPSA) is 87.3 Å². The number of carbonyl (C=O) groups excluding carboxylic acids is 2. The number of urea groups is 1. The first-order valence-corrected chi connectivity index (χ1v) is 5.85. The molecule has 2 heterocycles. The van der Waals surface area contributed by atoms with Gasteiger partial charge in [-0.05, 0) is 20.8 Å². The van der Waals surface area contributed by atoms with Gasteiger partial charge in [0, 0.05) is 6.54 Å². The molecule has 1 saturated heterocycles. The normalized spacial score (nSPS) is 18.9. The third kappa shape index (κ3) is 2.03. The maximum absolute atomic E-state index is 11.6. The number of carbonyl (C=O) groups is 2. The van der Waals surface area contributed by atoms with Gasteiger partial charge in [-0.15, -0.1) is 0 Å². The summed E-state index contributed by atoms with van der Waals surface area (Å²) in [6.45, 7) is 6.20. The van der Waals surface area contributed by atoms with Crippen LogP contribution in [0.15, 0.2) is 0 Å². The molecule has 2 amide bonds. The summed E-state index contributed by atoms with van der Waals surface area (Å²) < 4.78 is 4.91. The highest BCUT2D eigenvalue weighted by Crippen LogP contribution is 2.19. The molecule has 1 aliphatic heterocycles. The zero-order valence-corrected chi connectivity index (χ0v) is 10.6. The van der Waals surface area contributed by atoms with E-state index in [-0.39, 0.29) is 12.1 Å². The Balaban J connectivity index is 2.28. The van der Waals surface area contributed by atoms with Crippen molar-refractivity contribution in [2.45, 2.75) is 26.8 Å². The quantitative estimate of drug-likeness (QED) is 0.779. The Bertz CT molecular complexity index is 483. The van der Waals surface area contributed by atoms with Crippen LogP contribution in [0.2, 0.25) is 0 Å². The summed E-state index contributed by atoms with van der Waals surface area (Å²) in [7, 11) is 0. The molecule has 0 spiro atoms. The number of anilines is 1. The van der Waals surface area contributed by atoms with Crippen LogP contribution in [0.3, 0.4) is 0 Å². The molecule has 1 fully saturated rings. The predicted octanol–water partition coefficient (Wildman–Crippen LogP) is 0.813. The smallest absolute Gasteiger partial charge is 0.356 e. The van der Waals surface area contributed by atoms with Gasteiger partial charge >= 0.3 is 12.0 Å². The minimum atomic E-state index is -0.457. The molecule has 98 valence electrons. The number of imidazole rings is 1. The van der Waals surface area contributed by atoms with E-state index in [9.17, 15) is 9.59 Å². The number of ether oxygens (including phenoxy) is 1. The molecule has 1 aliphatic rings. The Morgan fingerprint density at radius 3 is 2.89 bits per heavy atom. The molecule has 2 N–H and O–H groups in total. The number of hydrogen-bond donors (Lipinski definition) is 2.